The van der Waals surface area contributed by atoms with Crippen LogP contribution in [0.3, 0.4) is 0 Å². The fraction of sp³-hybridized carbons (Fsp3) is 0.700. The van der Waals surface area contributed by atoms with Crippen LogP contribution in [0, 0.1) is 6.92 Å². The molecule has 2 rings (SSSR count). The van der Waals surface area contributed by atoms with E-state index >= 15 is 0 Å². The monoisotopic (exact) mass is 229 g/mol. The highest BCUT2D eigenvalue weighted by atomic mass is 35.5. The fourth-order valence-corrected chi connectivity index (χ4v) is 2.24. The smallest absolute Gasteiger partial charge is 0.0860 e. The molecule has 1 aliphatic heterocycles. The SMILES string of the molecule is Cc1nn(C)c(CN2CC[C@H](O)C2)c1Cl. The summed E-state index contributed by atoms with van der Waals surface area (Å²) in [6.45, 7) is 4.35. The zero-order valence-electron chi connectivity index (χ0n) is 9.07. The summed E-state index contributed by atoms with van der Waals surface area (Å²) in [7, 11) is 1.90. The van der Waals surface area contributed by atoms with Crippen molar-refractivity contribution in [2.24, 2.45) is 7.05 Å². The zero-order chi connectivity index (χ0) is 11.0. The van der Waals surface area contributed by atoms with E-state index in [4.69, 9.17) is 11.6 Å². The molecule has 1 fully saturated rings. The molecule has 5 heteroatoms. The normalized spacial score (nSPS) is 22.5. The number of rotatable bonds is 2. The largest absolute Gasteiger partial charge is 0.392 e. The molecule has 0 spiro atoms. The second kappa shape index (κ2) is 4.12. The molecule has 1 saturated heterocycles. The van der Waals surface area contributed by atoms with Gasteiger partial charge in [-0.1, -0.05) is 11.6 Å². The van der Waals surface area contributed by atoms with Crippen LogP contribution in [-0.4, -0.2) is 39.0 Å². The number of aliphatic hydroxyl groups is 1. The number of aromatic nitrogens is 2. The van der Waals surface area contributed by atoms with E-state index < -0.39 is 0 Å². The standard InChI is InChI=1S/C10H16ClN3O/c1-7-10(11)9(13(2)12-7)6-14-4-3-8(15)5-14/h8,15H,3-6H2,1-2H3/t8-/m0/s1. The average molecular weight is 230 g/mol. The maximum Gasteiger partial charge on any atom is 0.0860 e. The molecule has 1 aliphatic rings. The number of nitrogens with zero attached hydrogens (tertiary/aromatic N) is 3. The molecule has 1 aromatic rings. The molecule has 1 aromatic heterocycles. The molecule has 0 unspecified atom stereocenters. The number of halogens is 1. The van der Waals surface area contributed by atoms with Gasteiger partial charge in [0.15, 0.2) is 0 Å². The lowest BCUT2D eigenvalue weighted by atomic mass is 10.3. The third kappa shape index (κ3) is 2.17. The van der Waals surface area contributed by atoms with Gasteiger partial charge in [0.1, 0.15) is 0 Å². The van der Waals surface area contributed by atoms with Crippen molar-refractivity contribution in [2.75, 3.05) is 13.1 Å². The molecule has 1 atom stereocenters. The highest BCUT2D eigenvalue weighted by Crippen LogP contribution is 2.22. The van der Waals surface area contributed by atoms with Crippen LogP contribution in [-0.2, 0) is 13.6 Å². The summed E-state index contributed by atoms with van der Waals surface area (Å²) in [5.41, 5.74) is 1.90. The first kappa shape index (κ1) is 10.9. The minimum absolute atomic E-state index is 0.182. The molecule has 0 radical (unpaired) electrons. The van der Waals surface area contributed by atoms with Gasteiger partial charge in [0.25, 0.3) is 0 Å². The Bertz CT molecular complexity index is 364. The van der Waals surface area contributed by atoms with E-state index in [0.29, 0.717) is 0 Å². The number of aliphatic hydroxyl groups excluding tert-OH is 1. The Hall–Kier alpha value is -0.580. The van der Waals surface area contributed by atoms with Gasteiger partial charge in [-0.25, -0.2) is 0 Å². The number of aryl methyl sites for hydroxylation is 2. The van der Waals surface area contributed by atoms with Gasteiger partial charge >= 0.3 is 0 Å². The molecule has 0 aliphatic carbocycles. The molecule has 0 saturated carbocycles. The summed E-state index contributed by atoms with van der Waals surface area (Å²) in [5.74, 6) is 0. The van der Waals surface area contributed by atoms with Gasteiger partial charge in [0, 0.05) is 26.7 Å². The summed E-state index contributed by atoms with van der Waals surface area (Å²) in [4.78, 5) is 2.20. The highest BCUT2D eigenvalue weighted by Gasteiger charge is 2.22. The Morgan fingerprint density at radius 2 is 2.33 bits per heavy atom. The van der Waals surface area contributed by atoms with Crippen LogP contribution in [0.25, 0.3) is 0 Å². The van der Waals surface area contributed by atoms with E-state index in [0.717, 1.165) is 42.5 Å². The molecule has 84 valence electrons. The zero-order valence-corrected chi connectivity index (χ0v) is 9.83. The summed E-state index contributed by atoms with van der Waals surface area (Å²) in [5, 5.41) is 14.4. The van der Waals surface area contributed by atoms with Crippen LogP contribution in [0.15, 0.2) is 0 Å². The Morgan fingerprint density at radius 1 is 1.60 bits per heavy atom. The molecule has 15 heavy (non-hydrogen) atoms. The third-order valence-electron chi connectivity index (χ3n) is 2.88. The first-order valence-corrected chi connectivity index (χ1v) is 5.54. The van der Waals surface area contributed by atoms with Crippen molar-refractivity contribution in [3.05, 3.63) is 16.4 Å². The van der Waals surface area contributed by atoms with Gasteiger partial charge in [-0.05, 0) is 13.3 Å². The average Bonchev–Trinajstić information content (AvgIpc) is 2.67. The third-order valence-corrected chi connectivity index (χ3v) is 3.37. The molecule has 2 heterocycles. The predicted octanol–water partition coefficient (Wildman–Crippen LogP) is 0.949. The Kier molecular flexibility index (Phi) is 3.00. The lowest BCUT2D eigenvalue weighted by molar-refractivity contribution is 0.174. The lowest BCUT2D eigenvalue weighted by Crippen LogP contribution is -2.23. The molecule has 1 N–H and O–H groups in total. The van der Waals surface area contributed by atoms with Crippen LogP contribution < -0.4 is 0 Å². The maximum absolute atomic E-state index is 9.42. The number of hydrogen-bond donors (Lipinski definition) is 1. The highest BCUT2D eigenvalue weighted by molar-refractivity contribution is 6.31. The van der Waals surface area contributed by atoms with Gasteiger partial charge in [0.2, 0.25) is 0 Å². The molecule has 0 bridgehead atoms. The van der Waals surface area contributed by atoms with E-state index in [1.165, 1.54) is 0 Å². The van der Waals surface area contributed by atoms with Crippen molar-refractivity contribution in [1.29, 1.82) is 0 Å². The number of hydrogen-bond acceptors (Lipinski definition) is 3. The first-order valence-electron chi connectivity index (χ1n) is 5.16. The van der Waals surface area contributed by atoms with Crippen LogP contribution in [0.1, 0.15) is 17.8 Å². The van der Waals surface area contributed by atoms with Gasteiger partial charge in [-0.3, -0.25) is 9.58 Å². The number of β-amino-alcohol motifs (C(OH)–C–C–N with tert-alkyl or cyclic N) is 1. The Balaban J connectivity index is 2.10. The molecule has 0 aromatic carbocycles. The van der Waals surface area contributed by atoms with Crippen LogP contribution in [0.5, 0.6) is 0 Å². The predicted molar refractivity (Wildman–Crippen MR) is 58.9 cm³/mol. The van der Waals surface area contributed by atoms with Crippen molar-refractivity contribution in [3.63, 3.8) is 0 Å². The summed E-state index contributed by atoms with van der Waals surface area (Å²) >= 11 is 6.16. The van der Waals surface area contributed by atoms with Crippen LogP contribution >= 0.6 is 11.6 Å². The number of likely N-dealkylation sites (tertiary alicyclic amines) is 1. The Labute approximate surface area is 94.4 Å². The minimum atomic E-state index is -0.182. The van der Waals surface area contributed by atoms with Crippen molar-refractivity contribution < 1.29 is 5.11 Å². The van der Waals surface area contributed by atoms with Crippen molar-refractivity contribution >= 4 is 11.6 Å². The van der Waals surface area contributed by atoms with Crippen LogP contribution in [0.4, 0.5) is 0 Å². The first-order chi connectivity index (χ1) is 7.08. The molecule has 0 amide bonds. The van der Waals surface area contributed by atoms with Gasteiger partial charge in [0.05, 0.1) is 22.5 Å². The molecule has 4 nitrogen and oxygen atoms in total. The summed E-state index contributed by atoms with van der Waals surface area (Å²) in [6.07, 6.45) is 0.673. The van der Waals surface area contributed by atoms with E-state index in [-0.39, 0.29) is 6.10 Å². The Morgan fingerprint density at radius 3 is 2.80 bits per heavy atom. The van der Waals surface area contributed by atoms with Gasteiger partial charge in [-0.2, -0.15) is 5.10 Å². The second-order valence-electron chi connectivity index (χ2n) is 4.15. The van der Waals surface area contributed by atoms with Gasteiger partial charge < -0.3 is 5.11 Å². The molecular weight excluding hydrogens is 214 g/mol. The minimum Gasteiger partial charge on any atom is -0.392 e. The second-order valence-corrected chi connectivity index (χ2v) is 4.53. The molecular formula is C10H16ClN3O. The van der Waals surface area contributed by atoms with Crippen LogP contribution in [0.2, 0.25) is 5.02 Å². The summed E-state index contributed by atoms with van der Waals surface area (Å²) in [6, 6.07) is 0. The lowest BCUT2D eigenvalue weighted by Gasteiger charge is -2.14. The van der Waals surface area contributed by atoms with Gasteiger partial charge in [-0.15, -0.1) is 0 Å². The van der Waals surface area contributed by atoms with E-state index in [1.807, 2.05) is 18.7 Å². The summed E-state index contributed by atoms with van der Waals surface area (Å²) < 4.78 is 1.82. The maximum atomic E-state index is 9.42. The quantitative estimate of drug-likeness (QED) is 0.821. The van der Waals surface area contributed by atoms with E-state index in [2.05, 4.69) is 10.00 Å². The van der Waals surface area contributed by atoms with E-state index in [1.54, 1.807) is 0 Å². The van der Waals surface area contributed by atoms with E-state index in [9.17, 15) is 5.11 Å². The fourth-order valence-electron chi connectivity index (χ4n) is 2.02. The van der Waals surface area contributed by atoms with Crippen molar-refractivity contribution in [3.8, 4) is 0 Å². The van der Waals surface area contributed by atoms with Crippen molar-refractivity contribution in [2.45, 2.75) is 26.0 Å². The van der Waals surface area contributed by atoms with Crippen molar-refractivity contribution in [1.82, 2.24) is 14.7 Å². The topological polar surface area (TPSA) is 41.3 Å².